The van der Waals surface area contributed by atoms with Gasteiger partial charge >= 0.3 is 0 Å². The number of rotatable bonds is 5. The van der Waals surface area contributed by atoms with Gasteiger partial charge in [0.15, 0.2) is 0 Å². The molecule has 1 aromatic heterocycles. The molecule has 1 saturated carbocycles. The van der Waals surface area contributed by atoms with E-state index in [0.29, 0.717) is 6.04 Å². The lowest BCUT2D eigenvalue weighted by atomic mass is 10.1. The van der Waals surface area contributed by atoms with Gasteiger partial charge in [-0.3, -0.25) is 0 Å². The number of nitrogens with one attached hydrogen (secondary N) is 1. The van der Waals surface area contributed by atoms with E-state index in [2.05, 4.69) is 23.3 Å². The van der Waals surface area contributed by atoms with E-state index in [9.17, 15) is 0 Å². The van der Waals surface area contributed by atoms with Crippen molar-refractivity contribution >= 4 is 11.5 Å². The lowest BCUT2D eigenvalue weighted by Gasteiger charge is -2.16. The van der Waals surface area contributed by atoms with Crippen LogP contribution in [0.5, 0.6) is 0 Å². The molecule has 1 aromatic rings. The average Bonchev–Trinajstić information content (AvgIpc) is 3.02. The number of aromatic nitrogens is 1. The van der Waals surface area contributed by atoms with Crippen LogP contribution in [0.3, 0.4) is 0 Å². The van der Waals surface area contributed by atoms with Gasteiger partial charge in [-0.05, 0) is 31.4 Å². The second-order valence-corrected chi connectivity index (χ2v) is 5.02. The fraction of sp³-hybridized carbons (Fsp3) is 0.615. The summed E-state index contributed by atoms with van der Waals surface area (Å²) in [6.45, 7) is 2.25. The molecule has 1 fully saturated rings. The predicted octanol–water partition coefficient (Wildman–Crippen LogP) is 2.75. The van der Waals surface area contributed by atoms with Gasteiger partial charge in [-0.15, -0.1) is 0 Å². The highest BCUT2D eigenvalue weighted by atomic mass is 15.1. The molecule has 88 valence electrons. The van der Waals surface area contributed by atoms with Crippen molar-refractivity contribution in [2.24, 2.45) is 5.92 Å². The van der Waals surface area contributed by atoms with Gasteiger partial charge in [-0.2, -0.15) is 0 Å². The van der Waals surface area contributed by atoms with Crippen LogP contribution < -0.4 is 10.2 Å². The molecule has 0 saturated heterocycles. The zero-order valence-corrected chi connectivity index (χ0v) is 10.4. The van der Waals surface area contributed by atoms with Crippen LogP contribution in [0.25, 0.3) is 0 Å². The van der Waals surface area contributed by atoms with Crippen molar-refractivity contribution in [3.05, 3.63) is 18.3 Å². The fourth-order valence-electron chi connectivity index (χ4n) is 1.93. The van der Waals surface area contributed by atoms with E-state index < -0.39 is 0 Å². The molecule has 1 unspecified atom stereocenters. The maximum Gasteiger partial charge on any atom is 0.128 e. The largest absolute Gasteiger partial charge is 0.381 e. The van der Waals surface area contributed by atoms with E-state index in [-0.39, 0.29) is 0 Å². The Morgan fingerprint density at radius 3 is 2.69 bits per heavy atom. The fourth-order valence-corrected chi connectivity index (χ4v) is 1.93. The van der Waals surface area contributed by atoms with Crippen molar-refractivity contribution in [2.45, 2.75) is 32.2 Å². The van der Waals surface area contributed by atoms with Gasteiger partial charge in [0, 0.05) is 20.1 Å². The van der Waals surface area contributed by atoms with Crippen molar-refractivity contribution in [2.75, 3.05) is 24.3 Å². The number of nitrogens with zero attached hydrogens (tertiary/aromatic N) is 2. The average molecular weight is 219 g/mol. The molecule has 0 bridgehead atoms. The lowest BCUT2D eigenvalue weighted by Crippen LogP contribution is -2.16. The SMILES string of the molecule is CC(CC1CC1)Nc1ccc(N(C)C)nc1. The summed E-state index contributed by atoms with van der Waals surface area (Å²) in [5.74, 6) is 1.97. The number of anilines is 2. The summed E-state index contributed by atoms with van der Waals surface area (Å²) in [6, 6.07) is 4.71. The molecule has 0 aromatic carbocycles. The van der Waals surface area contributed by atoms with E-state index in [0.717, 1.165) is 17.4 Å². The number of pyridine rings is 1. The number of hydrogen-bond donors (Lipinski definition) is 1. The summed E-state index contributed by atoms with van der Waals surface area (Å²) < 4.78 is 0. The molecule has 3 heteroatoms. The van der Waals surface area contributed by atoms with Crippen molar-refractivity contribution in [3.63, 3.8) is 0 Å². The van der Waals surface area contributed by atoms with Crippen LogP contribution in [-0.2, 0) is 0 Å². The Bertz CT molecular complexity index is 328. The van der Waals surface area contributed by atoms with Crippen LogP contribution in [-0.4, -0.2) is 25.1 Å². The molecule has 0 radical (unpaired) electrons. The van der Waals surface area contributed by atoms with Gasteiger partial charge in [0.05, 0.1) is 11.9 Å². The second-order valence-electron chi connectivity index (χ2n) is 5.02. The van der Waals surface area contributed by atoms with Gasteiger partial charge in [0.2, 0.25) is 0 Å². The van der Waals surface area contributed by atoms with Crippen LogP contribution in [0.2, 0.25) is 0 Å². The smallest absolute Gasteiger partial charge is 0.128 e. The summed E-state index contributed by atoms with van der Waals surface area (Å²) in [5.41, 5.74) is 1.12. The first-order valence-electron chi connectivity index (χ1n) is 6.05. The second kappa shape index (κ2) is 4.73. The Kier molecular flexibility index (Phi) is 3.32. The molecule has 1 atom stereocenters. The summed E-state index contributed by atoms with van der Waals surface area (Å²) in [5, 5.41) is 3.50. The molecule has 0 aliphatic heterocycles. The Labute approximate surface area is 97.9 Å². The standard InChI is InChI=1S/C13H21N3/c1-10(8-11-4-5-11)15-12-6-7-13(14-9-12)16(2)3/h6-7,9-11,15H,4-5,8H2,1-3H3. The third-order valence-electron chi connectivity index (χ3n) is 3.00. The van der Waals surface area contributed by atoms with E-state index >= 15 is 0 Å². The highest BCUT2D eigenvalue weighted by molar-refractivity contribution is 5.48. The lowest BCUT2D eigenvalue weighted by molar-refractivity contribution is 0.642. The molecule has 0 spiro atoms. The van der Waals surface area contributed by atoms with Gasteiger partial charge in [-0.25, -0.2) is 4.98 Å². The zero-order chi connectivity index (χ0) is 11.5. The van der Waals surface area contributed by atoms with E-state index in [4.69, 9.17) is 0 Å². The van der Waals surface area contributed by atoms with Gasteiger partial charge < -0.3 is 10.2 Å². The van der Waals surface area contributed by atoms with Crippen LogP contribution in [0, 0.1) is 5.92 Å². The van der Waals surface area contributed by atoms with Crippen molar-refractivity contribution in [1.29, 1.82) is 0 Å². The number of hydrogen-bond acceptors (Lipinski definition) is 3. The minimum Gasteiger partial charge on any atom is -0.381 e. The third kappa shape index (κ3) is 3.12. The van der Waals surface area contributed by atoms with E-state index in [1.807, 2.05) is 31.3 Å². The van der Waals surface area contributed by atoms with E-state index in [1.165, 1.54) is 19.3 Å². The Morgan fingerprint density at radius 2 is 2.19 bits per heavy atom. The van der Waals surface area contributed by atoms with E-state index in [1.54, 1.807) is 0 Å². The maximum atomic E-state index is 4.39. The first-order chi connectivity index (χ1) is 7.65. The molecular formula is C13H21N3. The molecule has 1 aliphatic rings. The normalized spacial score (nSPS) is 16.9. The summed E-state index contributed by atoms with van der Waals surface area (Å²) in [4.78, 5) is 6.40. The minimum absolute atomic E-state index is 0.555. The van der Waals surface area contributed by atoms with Crippen molar-refractivity contribution in [1.82, 2.24) is 4.98 Å². The van der Waals surface area contributed by atoms with Crippen LogP contribution >= 0.6 is 0 Å². The van der Waals surface area contributed by atoms with Crippen LogP contribution in [0.15, 0.2) is 18.3 Å². The molecule has 3 nitrogen and oxygen atoms in total. The quantitative estimate of drug-likeness (QED) is 0.825. The van der Waals surface area contributed by atoms with Crippen LogP contribution in [0.4, 0.5) is 11.5 Å². The van der Waals surface area contributed by atoms with Crippen LogP contribution in [0.1, 0.15) is 26.2 Å². The molecule has 1 aliphatic carbocycles. The Morgan fingerprint density at radius 1 is 1.44 bits per heavy atom. The predicted molar refractivity (Wildman–Crippen MR) is 69.0 cm³/mol. The highest BCUT2D eigenvalue weighted by Crippen LogP contribution is 2.34. The van der Waals surface area contributed by atoms with Gasteiger partial charge in [-0.1, -0.05) is 12.8 Å². The summed E-state index contributed by atoms with van der Waals surface area (Å²) in [6.07, 6.45) is 6.04. The van der Waals surface area contributed by atoms with Crippen molar-refractivity contribution < 1.29 is 0 Å². The third-order valence-corrected chi connectivity index (χ3v) is 3.00. The summed E-state index contributed by atoms with van der Waals surface area (Å²) >= 11 is 0. The first-order valence-corrected chi connectivity index (χ1v) is 6.05. The highest BCUT2D eigenvalue weighted by Gasteiger charge is 2.23. The zero-order valence-electron chi connectivity index (χ0n) is 10.4. The Balaban J connectivity index is 1.88. The van der Waals surface area contributed by atoms with Gasteiger partial charge in [0.1, 0.15) is 5.82 Å². The molecule has 2 rings (SSSR count). The van der Waals surface area contributed by atoms with Crippen molar-refractivity contribution in [3.8, 4) is 0 Å². The molecule has 0 amide bonds. The van der Waals surface area contributed by atoms with Gasteiger partial charge in [0.25, 0.3) is 0 Å². The molecule has 1 heterocycles. The molecule has 1 N–H and O–H groups in total. The maximum absolute atomic E-state index is 4.39. The Hall–Kier alpha value is -1.25. The molecule has 16 heavy (non-hydrogen) atoms. The monoisotopic (exact) mass is 219 g/mol. The first kappa shape index (κ1) is 11.2. The summed E-state index contributed by atoms with van der Waals surface area (Å²) in [7, 11) is 4.01. The molecular weight excluding hydrogens is 198 g/mol. The minimum atomic E-state index is 0.555. The topological polar surface area (TPSA) is 28.2 Å².